The number of carbonyl (C=O) groups excluding carboxylic acids is 1. The maximum absolute atomic E-state index is 12.4. The summed E-state index contributed by atoms with van der Waals surface area (Å²) in [4.78, 5) is 22.7. The summed E-state index contributed by atoms with van der Waals surface area (Å²) in [5, 5.41) is 10.9. The molecule has 1 aromatic heterocycles. The molecule has 0 spiro atoms. The van der Waals surface area contributed by atoms with Gasteiger partial charge in [0.05, 0.1) is 12.1 Å². The maximum Gasteiger partial charge on any atom is 0.330 e. The van der Waals surface area contributed by atoms with Gasteiger partial charge in [-0.1, -0.05) is 37.3 Å². The molecular weight excluding hydrogens is 244 g/mol. The fourth-order valence-electron chi connectivity index (χ4n) is 2.11. The van der Waals surface area contributed by atoms with Crippen LogP contribution in [-0.2, 0) is 0 Å². The quantitative estimate of drug-likeness (QED) is 0.624. The summed E-state index contributed by atoms with van der Waals surface area (Å²) >= 11 is 0. The summed E-state index contributed by atoms with van der Waals surface area (Å²) in [5.74, 6) is -0.836. The van der Waals surface area contributed by atoms with E-state index in [0.29, 0.717) is 6.42 Å². The minimum atomic E-state index is -0.546. The fourth-order valence-corrected chi connectivity index (χ4v) is 2.11. The van der Waals surface area contributed by atoms with E-state index < -0.39 is 4.92 Å². The zero-order chi connectivity index (χ0) is 13.8. The van der Waals surface area contributed by atoms with Crippen molar-refractivity contribution >= 4 is 11.7 Å². The molecule has 5 nitrogen and oxygen atoms in total. The van der Waals surface area contributed by atoms with Crippen LogP contribution in [0.4, 0.5) is 5.82 Å². The Morgan fingerprint density at radius 1 is 1.26 bits per heavy atom. The van der Waals surface area contributed by atoms with Gasteiger partial charge in [0, 0.05) is 6.07 Å². The third-order valence-electron chi connectivity index (χ3n) is 3.06. The van der Waals surface area contributed by atoms with Gasteiger partial charge >= 0.3 is 11.7 Å². The van der Waals surface area contributed by atoms with E-state index in [0.717, 1.165) is 10.1 Å². The largest absolute Gasteiger partial charge is 0.358 e. The molecule has 2 rings (SSSR count). The van der Waals surface area contributed by atoms with Crippen molar-refractivity contribution in [3.8, 4) is 0 Å². The van der Waals surface area contributed by atoms with E-state index in [4.69, 9.17) is 0 Å². The normalized spacial score (nSPS) is 12.1. The highest BCUT2D eigenvalue weighted by atomic mass is 16.6. The number of hydrogen-bond acceptors (Lipinski definition) is 3. The summed E-state index contributed by atoms with van der Waals surface area (Å²) < 4.78 is 1.11. The molecule has 0 fully saturated rings. The van der Waals surface area contributed by atoms with Gasteiger partial charge in [-0.3, -0.25) is 0 Å². The SMILES string of the molecule is CCC(C(=O)n1cccc1[N+](=O)[O-])c1ccccc1. The van der Waals surface area contributed by atoms with Crippen molar-refractivity contribution in [2.24, 2.45) is 0 Å². The van der Waals surface area contributed by atoms with Crippen molar-refractivity contribution in [3.63, 3.8) is 0 Å². The number of hydrogen-bond donors (Lipinski definition) is 0. The number of carbonyl (C=O) groups is 1. The van der Waals surface area contributed by atoms with Crippen molar-refractivity contribution in [1.82, 2.24) is 4.57 Å². The molecule has 0 amide bonds. The van der Waals surface area contributed by atoms with Crippen LogP contribution in [-0.4, -0.2) is 15.4 Å². The molecule has 0 aliphatic carbocycles. The van der Waals surface area contributed by atoms with E-state index in [1.807, 2.05) is 37.3 Å². The van der Waals surface area contributed by atoms with Crippen LogP contribution < -0.4 is 0 Å². The van der Waals surface area contributed by atoms with Crippen LogP contribution in [0.25, 0.3) is 0 Å². The molecule has 1 atom stereocenters. The second-order valence-corrected chi connectivity index (χ2v) is 4.20. The molecule has 0 N–H and O–H groups in total. The van der Waals surface area contributed by atoms with E-state index in [1.54, 1.807) is 0 Å². The van der Waals surface area contributed by atoms with Crippen LogP contribution in [0.2, 0.25) is 0 Å². The van der Waals surface area contributed by atoms with Gasteiger partial charge in [-0.2, -0.15) is 4.57 Å². The van der Waals surface area contributed by atoms with Gasteiger partial charge in [-0.05, 0) is 23.0 Å². The third-order valence-corrected chi connectivity index (χ3v) is 3.06. The number of rotatable bonds is 4. The number of nitro groups is 1. The first-order valence-corrected chi connectivity index (χ1v) is 6.06. The highest BCUT2D eigenvalue weighted by Crippen LogP contribution is 2.24. The van der Waals surface area contributed by atoms with Crippen LogP contribution in [0.15, 0.2) is 48.7 Å². The molecule has 0 saturated carbocycles. The van der Waals surface area contributed by atoms with E-state index >= 15 is 0 Å². The van der Waals surface area contributed by atoms with Gasteiger partial charge in [-0.25, -0.2) is 4.79 Å². The summed E-state index contributed by atoms with van der Waals surface area (Å²) in [7, 11) is 0. The van der Waals surface area contributed by atoms with E-state index in [2.05, 4.69) is 0 Å². The van der Waals surface area contributed by atoms with Crippen LogP contribution in [0.3, 0.4) is 0 Å². The lowest BCUT2D eigenvalue weighted by molar-refractivity contribution is -0.390. The van der Waals surface area contributed by atoms with Gasteiger partial charge in [0.1, 0.15) is 0 Å². The average molecular weight is 258 g/mol. The first-order chi connectivity index (χ1) is 9.15. The molecule has 98 valence electrons. The number of aromatic nitrogens is 1. The number of nitrogens with zero attached hydrogens (tertiary/aromatic N) is 2. The predicted octanol–water partition coefficient (Wildman–Crippen LogP) is 3.23. The molecule has 2 aromatic rings. The average Bonchev–Trinajstić information content (AvgIpc) is 2.90. The summed E-state index contributed by atoms with van der Waals surface area (Å²) in [5.41, 5.74) is 0.873. The zero-order valence-electron chi connectivity index (χ0n) is 10.5. The molecule has 1 aromatic carbocycles. The molecule has 0 aliphatic heterocycles. The topological polar surface area (TPSA) is 65.1 Å². The Morgan fingerprint density at radius 3 is 2.53 bits per heavy atom. The Kier molecular flexibility index (Phi) is 3.75. The Balaban J connectivity index is 2.37. The van der Waals surface area contributed by atoms with Crippen molar-refractivity contribution in [2.45, 2.75) is 19.3 Å². The van der Waals surface area contributed by atoms with Gasteiger partial charge in [0.2, 0.25) is 0 Å². The first-order valence-electron chi connectivity index (χ1n) is 6.06. The Morgan fingerprint density at radius 2 is 1.95 bits per heavy atom. The summed E-state index contributed by atoms with van der Waals surface area (Å²) in [6.07, 6.45) is 2.03. The molecule has 1 unspecified atom stereocenters. The lowest BCUT2D eigenvalue weighted by Crippen LogP contribution is -2.20. The maximum atomic E-state index is 12.4. The van der Waals surface area contributed by atoms with Crippen LogP contribution in [0.5, 0.6) is 0 Å². The van der Waals surface area contributed by atoms with Crippen LogP contribution in [0, 0.1) is 10.1 Å². The Hall–Kier alpha value is -2.43. The van der Waals surface area contributed by atoms with E-state index in [-0.39, 0.29) is 17.6 Å². The van der Waals surface area contributed by atoms with Crippen LogP contribution >= 0.6 is 0 Å². The van der Waals surface area contributed by atoms with E-state index in [9.17, 15) is 14.9 Å². The van der Waals surface area contributed by atoms with Crippen molar-refractivity contribution in [1.29, 1.82) is 0 Å². The monoisotopic (exact) mass is 258 g/mol. The molecule has 0 radical (unpaired) electrons. The van der Waals surface area contributed by atoms with Gasteiger partial charge in [0.15, 0.2) is 0 Å². The lowest BCUT2D eigenvalue weighted by Gasteiger charge is -2.12. The van der Waals surface area contributed by atoms with Crippen molar-refractivity contribution in [3.05, 3.63) is 64.3 Å². The third kappa shape index (κ3) is 2.54. The highest BCUT2D eigenvalue weighted by Gasteiger charge is 2.27. The molecule has 0 aliphatic rings. The van der Waals surface area contributed by atoms with Crippen molar-refractivity contribution in [2.75, 3.05) is 0 Å². The fraction of sp³-hybridized carbons (Fsp3) is 0.214. The summed E-state index contributed by atoms with van der Waals surface area (Å²) in [6, 6.07) is 12.1. The molecule has 0 saturated heterocycles. The van der Waals surface area contributed by atoms with E-state index in [1.165, 1.54) is 18.3 Å². The minimum Gasteiger partial charge on any atom is -0.358 e. The highest BCUT2D eigenvalue weighted by molar-refractivity contribution is 5.87. The molecule has 5 heteroatoms. The lowest BCUT2D eigenvalue weighted by atomic mass is 9.95. The minimum absolute atomic E-state index is 0.195. The smallest absolute Gasteiger partial charge is 0.330 e. The Bertz CT molecular complexity index is 590. The predicted molar refractivity (Wildman–Crippen MR) is 71.2 cm³/mol. The first kappa shape index (κ1) is 13.0. The van der Waals surface area contributed by atoms with Gasteiger partial charge in [-0.15, -0.1) is 0 Å². The second kappa shape index (κ2) is 5.48. The number of benzene rings is 1. The molecule has 1 heterocycles. The van der Waals surface area contributed by atoms with Crippen molar-refractivity contribution < 1.29 is 9.72 Å². The standard InChI is InChI=1S/C14H14N2O3/c1-2-12(11-7-4-3-5-8-11)14(17)15-10-6-9-13(15)16(18)19/h3-10,12H,2H2,1H3. The van der Waals surface area contributed by atoms with Crippen LogP contribution in [0.1, 0.15) is 29.6 Å². The summed E-state index contributed by atoms with van der Waals surface area (Å²) in [6.45, 7) is 1.89. The Labute approximate surface area is 110 Å². The molecule has 0 bridgehead atoms. The molecular formula is C14H14N2O3. The zero-order valence-corrected chi connectivity index (χ0v) is 10.5. The van der Waals surface area contributed by atoms with Gasteiger partial charge in [0.25, 0.3) is 0 Å². The second-order valence-electron chi connectivity index (χ2n) is 4.20. The van der Waals surface area contributed by atoms with Gasteiger partial charge < -0.3 is 10.1 Å². The molecule has 19 heavy (non-hydrogen) atoms.